The van der Waals surface area contributed by atoms with Gasteiger partial charge in [0.1, 0.15) is 11.8 Å². The van der Waals surface area contributed by atoms with Gasteiger partial charge >= 0.3 is 0 Å². The monoisotopic (exact) mass is 410 g/mol. The van der Waals surface area contributed by atoms with Crippen LogP contribution in [0, 0.1) is 5.92 Å². The molecule has 2 aliphatic heterocycles. The van der Waals surface area contributed by atoms with Crippen LogP contribution in [0.5, 0.6) is 0 Å². The number of hydrogen-bond donors (Lipinski definition) is 3. The van der Waals surface area contributed by atoms with Gasteiger partial charge in [-0.1, -0.05) is 50.3 Å². The van der Waals surface area contributed by atoms with Crippen LogP contribution in [-0.2, 0) is 4.74 Å². The molecule has 1 saturated heterocycles. The third-order valence-electron chi connectivity index (χ3n) is 7.18. The zero-order valence-electron chi connectivity index (χ0n) is 18.6. The Balaban J connectivity index is 1.79. The largest absolute Gasteiger partial charge is 0.399 e. The van der Waals surface area contributed by atoms with Gasteiger partial charge in [-0.3, -0.25) is 10.6 Å². The summed E-state index contributed by atoms with van der Waals surface area (Å²) in [6, 6.07) is 8.64. The Labute approximate surface area is 181 Å². The number of nitrogens with two attached hydrogens (primary N) is 1. The van der Waals surface area contributed by atoms with Crippen LogP contribution >= 0.6 is 0 Å². The summed E-state index contributed by atoms with van der Waals surface area (Å²) in [6.45, 7) is 3.79. The lowest BCUT2D eigenvalue weighted by Gasteiger charge is -2.51. The molecule has 1 saturated carbocycles. The van der Waals surface area contributed by atoms with E-state index in [1.165, 1.54) is 56.2 Å². The Morgan fingerprint density at radius 3 is 2.53 bits per heavy atom. The van der Waals surface area contributed by atoms with Crippen molar-refractivity contribution in [1.29, 1.82) is 0 Å². The number of ether oxygens (including phenoxy) is 1. The molecule has 0 radical (unpaired) electrons. The lowest BCUT2D eigenvalue weighted by atomic mass is 9.75. The third kappa shape index (κ3) is 4.03. The van der Waals surface area contributed by atoms with Gasteiger partial charge in [0.25, 0.3) is 0 Å². The molecule has 5 nitrogen and oxygen atoms in total. The highest BCUT2D eigenvalue weighted by atomic mass is 16.5. The number of methoxy groups -OCH3 is 1. The number of anilines is 1. The molecule has 0 aromatic heterocycles. The summed E-state index contributed by atoms with van der Waals surface area (Å²) in [4.78, 5) is 2.62. The number of rotatable bonds is 6. The molecule has 3 aliphatic rings. The van der Waals surface area contributed by atoms with Gasteiger partial charge in [0, 0.05) is 25.0 Å². The number of nitrogens with one attached hydrogen (secondary N) is 2. The van der Waals surface area contributed by atoms with E-state index in [0.29, 0.717) is 12.5 Å². The van der Waals surface area contributed by atoms with Crippen molar-refractivity contribution < 1.29 is 4.74 Å². The summed E-state index contributed by atoms with van der Waals surface area (Å²) in [6.07, 6.45) is 16.1. The normalized spacial score (nSPS) is 29.9. The molecule has 3 unspecified atom stereocenters. The first kappa shape index (κ1) is 21.4. The first-order chi connectivity index (χ1) is 14.7. The SMILES string of the molecule is COCCNC1(C2CCCCCCC2)C(c2ccc(N)cc2)NC2C=CC=C(C)N21. The van der Waals surface area contributed by atoms with Gasteiger partial charge in [-0.15, -0.1) is 0 Å². The molecule has 2 heterocycles. The fourth-order valence-corrected chi connectivity index (χ4v) is 5.83. The summed E-state index contributed by atoms with van der Waals surface area (Å²) < 4.78 is 5.45. The summed E-state index contributed by atoms with van der Waals surface area (Å²) in [5.74, 6) is 0.560. The van der Waals surface area contributed by atoms with Crippen molar-refractivity contribution in [2.75, 3.05) is 26.0 Å². The molecule has 5 heteroatoms. The van der Waals surface area contributed by atoms with Crippen molar-refractivity contribution in [2.45, 2.75) is 69.7 Å². The molecule has 0 bridgehead atoms. The first-order valence-corrected chi connectivity index (χ1v) is 11.7. The fourth-order valence-electron chi connectivity index (χ4n) is 5.83. The molecular formula is C25H38N4O. The number of allylic oxidation sites excluding steroid dienone is 3. The minimum absolute atomic E-state index is 0.176. The Morgan fingerprint density at radius 1 is 1.13 bits per heavy atom. The first-order valence-electron chi connectivity index (χ1n) is 11.7. The van der Waals surface area contributed by atoms with Crippen molar-refractivity contribution >= 4 is 5.69 Å². The Kier molecular flexibility index (Phi) is 6.81. The van der Waals surface area contributed by atoms with E-state index >= 15 is 0 Å². The van der Waals surface area contributed by atoms with Crippen LogP contribution in [-0.4, -0.2) is 37.0 Å². The third-order valence-corrected chi connectivity index (χ3v) is 7.18. The zero-order valence-corrected chi connectivity index (χ0v) is 18.6. The van der Waals surface area contributed by atoms with E-state index in [0.717, 1.165) is 12.2 Å². The van der Waals surface area contributed by atoms with Crippen LogP contribution in [0.1, 0.15) is 63.5 Å². The van der Waals surface area contributed by atoms with Crippen molar-refractivity contribution in [2.24, 2.45) is 5.92 Å². The van der Waals surface area contributed by atoms with Gasteiger partial charge < -0.3 is 15.4 Å². The number of nitrogen functional groups attached to an aromatic ring is 1. The number of nitrogens with zero attached hydrogens (tertiary/aromatic N) is 1. The zero-order chi connectivity index (χ0) is 21.0. The van der Waals surface area contributed by atoms with E-state index in [4.69, 9.17) is 10.5 Å². The minimum Gasteiger partial charge on any atom is -0.399 e. The molecule has 30 heavy (non-hydrogen) atoms. The standard InChI is InChI=1S/C25H38N4O/c1-19-9-8-12-23-28-24(20-13-15-22(26)16-14-20)25(29(19)23,27-17-18-30-2)21-10-6-4-3-5-7-11-21/h8-9,12-16,21,23-24,27-28H,3-7,10-11,17-18,26H2,1-2H3. The van der Waals surface area contributed by atoms with Gasteiger partial charge in [0.15, 0.2) is 0 Å². The predicted octanol–water partition coefficient (Wildman–Crippen LogP) is 4.31. The second-order valence-electron chi connectivity index (χ2n) is 9.06. The molecule has 0 amide bonds. The fraction of sp³-hybridized carbons (Fsp3) is 0.600. The molecule has 0 spiro atoms. The average Bonchev–Trinajstić information content (AvgIpc) is 3.05. The van der Waals surface area contributed by atoms with E-state index in [1.54, 1.807) is 7.11 Å². The van der Waals surface area contributed by atoms with Crippen molar-refractivity contribution in [3.63, 3.8) is 0 Å². The minimum atomic E-state index is -0.192. The van der Waals surface area contributed by atoms with Gasteiger partial charge in [-0.05, 0) is 55.5 Å². The van der Waals surface area contributed by atoms with E-state index < -0.39 is 0 Å². The maximum atomic E-state index is 6.03. The van der Waals surface area contributed by atoms with Crippen LogP contribution in [0.25, 0.3) is 0 Å². The molecule has 4 N–H and O–H groups in total. The van der Waals surface area contributed by atoms with E-state index in [2.05, 4.69) is 52.8 Å². The maximum Gasteiger partial charge on any atom is 0.115 e. The number of hydrogen-bond acceptors (Lipinski definition) is 5. The molecule has 1 aromatic carbocycles. The smallest absolute Gasteiger partial charge is 0.115 e. The van der Waals surface area contributed by atoms with Gasteiger partial charge in [-0.2, -0.15) is 0 Å². The summed E-state index contributed by atoms with van der Waals surface area (Å²) in [7, 11) is 1.78. The molecule has 4 rings (SSSR count). The second kappa shape index (κ2) is 9.54. The highest BCUT2D eigenvalue weighted by Gasteiger charge is 2.57. The lowest BCUT2D eigenvalue weighted by Crippen LogP contribution is -2.64. The van der Waals surface area contributed by atoms with Crippen LogP contribution in [0.15, 0.2) is 48.2 Å². The lowest BCUT2D eigenvalue weighted by molar-refractivity contribution is 0.0186. The summed E-state index contributed by atoms with van der Waals surface area (Å²) in [5, 5.41) is 8.00. The quantitative estimate of drug-likeness (QED) is 0.482. The number of fused-ring (bicyclic) bond motifs is 1. The van der Waals surface area contributed by atoms with Gasteiger partial charge in [0.2, 0.25) is 0 Å². The maximum absolute atomic E-state index is 6.03. The van der Waals surface area contributed by atoms with E-state index in [1.807, 2.05) is 12.1 Å². The van der Waals surface area contributed by atoms with Crippen molar-refractivity contribution in [3.05, 3.63) is 53.8 Å². The van der Waals surface area contributed by atoms with Crippen LogP contribution in [0.4, 0.5) is 5.69 Å². The molecule has 2 fully saturated rings. The van der Waals surface area contributed by atoms with Gasteiger partial charge in [0.05, 0.1) is 12.6 Å². The highest BCUT2D eigenvalue weighted by molar-refractivity contribution is 5.42. The summed E-state index contributed by atoms with van der Waals surface area (Å²) >= 11 is 0. The molecule has 1 aromatic rings. The topological polar surface area (TPSA) is 62.6 Å². The van der Waals surface area contributed by atoms with Crippen LogP contribution < -0.4 is 16.4 Å². The van der Waals surface area contributed by atoms with Crippen LogP contribution in [0.2, 0.25) is 0 Å². The molecule has 3 atom stereocenters. The Hall–Kier alpha value is -1.82. The predicted molar refractivity (Wildman–Crippen MR) is 124 cm³/mol. The van der Waals surface area contributed by atoms with Gasteiger partial charge in [-0.25, -0.2) is 0 Å². The Morgan fingerprint density at radius 2 is 1.83 bits per heavy atom. The summed E-state index contributed by atoms with van der Waals surface area (Å²) in [5.41, 5.74) is 9.27. The molecule has 164 valence electrons. The van der Waals surface area contributed by atoms with Crippen molar-refractivity contribution in [1.82, 2.24) is 15.5 Å². The molecular weight excluding hydrogens is 372 g/mol. The Bertz CT molecular complexity index is 751. The van der Waals surface area contributed by atoms with Crippen molar-refractivity contribution in [3.8, 4) is 0 Å². The van der Waals surface area contributed by atoms with E-state index in [9.17, 15) is 0 Å². The molecule has 1 aliphatic carbocycles. The highest BCUT2D eigenvalue weighted by Crippen LogP contribution is 2.48. The second-order valence-corrected chi connectivity index (χ2v) is 9.06. The van der Waals surface area contributed by atoms with E-state index in [-0.39, 0.29) is 17.9 Å². The van der Waals surface area contributed by atoms with Crippen LogP contribution in [0.3, 0.4) is 0 Å². The number of benzene rings is 1. The average molecular weight is 411 g/mol.